The summed E-state index contributed by atoms with van der Waals surface area (Å²) >= 11 is 5.96. The Hall–Kier alpha value is -2.86. The second kappa shape index (κ2) is 8.66. The minimum atomic E-state index is -0.216. The quantitative estimate of drug-likeness (QED) is 0.544. The highest BCUT2D eigenvalue weighted by Crippen LogP contribution is 2.34. The molecule has 0 aliphatic carbocycles. The van der Waals surface area contributed by atoms with Gasteiger partial charge in [0.25, 0.3) is 0 Å². The molecule has 3 aromatic rings. The van der Waals surface area contributed by atoms with Crippen LogP contribution in [0.5, 0.6) is 5.75 Å². The Balaban J connectivity index is 1.50. The number of rotatable bonds is 7. The van der Waals surface area contributed by atoms with Gasteiger partial charge in [0.1, 0.15) is 11.8 Å². The monoisotopic (exact) mass is 411 g/mol. The lowest BCUT2D eigenvalue weighted by molar-refractivity contribution is -0.129. The van der Waals surface area contributed by atoms with Crippen LogP contribution in [0, 0.1) is 0 Å². The third-order valence-corrected chi connectivity index (χ3v) is 5.16. The summed E-state index contributed by atoms with van der Waals surface area (Å²) in [4.78, 5) is 18.8. The highest BCUT2D eigenvalue weighted by Gasteiger charge is 2.36. The first kappa shape index (κ1) is 19.5. The number of ether oxygens (including phenoxy) is 1. The van der Waals surface area contributed by atoms with Crippen LogP contribution in [-0.2, 0) is 11.3 Å². The van der Waals surface area contributed by atoms with Crippen LogP contribution in [0.1, 0.15) is 43.7 Å². The van der Waals surface area contributed by atoms with E-state index >= 15 is 0 Å². The standard InChI is InChI=1S/C22H22ClN3O3/c1-2-13-28-18-9-5-16(6-10-18)21-24-22(29-25-21)19-11-12-20(27)26(19)14-15-3-7-17(23)8-4-15/h3-10,19H,2,11-14H2,1H3. The van der Waals surface area contributed by atoms with E-state index in [9.17, 15) is 4.79 Å². The molecule has 0 N–H and O–H groups in total. The molecule has 4 rings (SSSR count). The van der Waals surface area contributed by atoms with Gasteiger partial charge < -0.3 is 14.2 Å². The smallest absolute Gasteiger partial charge is 0.249 e. The maximum Gasteiger partial charge on any atom is 0.249 e. The summed E-state index contributed by atoms with van der Waals surface area (Å²) in [7, 11) is 0. The fraction of sp³-hybridized carbons (Fsp3) is 0.318. The Labute approximate surface area is 174 Å². The minimum Gasteiger partial charge on any atom is -0.494 e. The van der Waals surface area contributed by atoms with Gasteiger partial charge in [0, 0.05) is 23.6 Å². The van der Waals surface area contributed by atoms with Crippen molar-refractivity contribution in [3.05, 3.63) is 65.0 Å². The Morgan fingerprint density at radius 3 is 2.66 bits per heavy atom. The van der Waals surface area contributed by atoms with Crippen molar-refractivity contribution in [3.8, 4) is 17.1 Å². The second-order valence-electron chi connectivity index (χ2n) is 7.03. The third-order valence-electron chi connectivity index (χ3n) is 4.91. The topological polar surface area (TPSA) is 68.5 Å². The number of aromatic nitrogens is 2. The van der Waals surface area contributed by atoms with Gasteiger partial charge in [0.15, 0.2) is 0 Å². The van der Waals surface area contributed by atoms with Gasteiger partial charge in [0.2, 0.25) is 17.6 Å². The molecule has 1 aliphatic rings. The molecule has 7 heteroatoms. The van der Waals surface area contributed by atoms with Gasteiger partial charge in [-0.05, 0) is 54.8 Å². The average molecular weight is 412 g/mol. The van der Waals surface area contributed by atoms with Crippen molar-refractivity contribution in [2.45, 2.75) is 38.8 Å². The lowest BCUT2D eigenvalue weighted by Gasteiger charge is -2.22. The number of carbonyl (C=O) groups excluding carboxylic acids is 1. The van der Waals surface area contributed by atoms with Crippen molar-refractivity contribution in [1.82, 2.24) is 15.0 Å². The molecule has 6 nitrogen and oxygen atoms in total. The fourth-order valence-electron chi connectivity index (χ4n) is 3.38. The van der Waals surface area contributed by atoms with Gasteiger partial charge in [-0.1, -0.05) is 35.8 Å². The van der Waals surface area contributed by atoms with Crippen molar-refractivity contribution >= 4 is 17.5 Å². The van der Waals surface area contributed by atoms with Gasteiger partial charge in [-0.25, -0.2) is 0 Å². The summed E-state index contributed by atoms with van der Waals surface area (Å²) in [6.07, 6.45) is 2.10. The zero-order valence-corrected chi connectivity index (χ0v) is 16.9. The molecule has 2 aromatic carbocycles. The van der Waals surface area contributed by atoms with E-state index in [1.807, 2.05) is 48.5 Å². The van der Waals surface area contributed by atoms with E-state index in [1.54, 1.807) is 4.90 Å². The zero-order chi connectivity index (χ0) is 20.2. The van der Waals surface area contributed by atoms with Crippen LogP contribution in [0.4, 0.5) is 0 Å². The number of likely N-dealkylation sites (tertiary alicyclic amines) is 1. The molecule has 1 aliphatic heterocycles. The first-order valence-corrected chi connectivity index (χ1v) is 10.1. The summed E-state index contributed by atoms with van der Waals surface area (Å²) in [5, 5.41) is 4.79. The largest absolute Gasteiger partial charge is 0.494 e. The average Bonchev–Trinajstić information content (AvgIpc) is 3.36. The molecular formula is C22H22ClN3O3. The molecule has 1 aromatic heterocycles. The Morgan fingerprint density at radius 1 is 1.17 bits per heavy atom. The van der Waals surface area contributed by atoms with Crippen LogP contribution in [0.15, 0.2) is 53.1 Å². The molecule has 1 unspecified atom stereocenters. The molecule has 1 atom stereocenters. The summed E-state index contributed by atoms with van der Waals surface area (Å²) in [5.41, 5.74) is 1.86. The molecule has 0 bridgehead atoms. The zero-order valence-electron chi connectivity index (χ0n) is 16.2. The Morgan fingerprint density at radius 2 is 1.93 bits per heavy atom. The minimum absolute atomic E-state index is 0.0853. The highest BCUT2D eigenvalue weighted by atomic mass is 35.5. The maximum atomic E-state index is 12.4. The summed E-state index contributed by atoms with van der Waals surface area (Å²) in [5.74, 6) is 1.87. The maximum absolute atomic E-state index is 12.4. The fourth-order valence-corrected chi connectivity index (χ4v) is 3.51. The summed E-state index contributed by atoms with van der Waals surface area (Å²) in [6, 6.07) is 14.9. The van der Waals surface area contributed by atoms with E-state index in [0.717, 1.165) is 23.3 Å². The van der Waals surface area contributed by atoms with Crippen molar-refractivity contribution < 1.29 is 14.1 Å². The Bertz CT molecular complexity index is 970. The predicted molar refractivity (Wildman–Crippen MR) is 109 cm³/mol. The third kappa shape index (κ3) is 4.43. The summed E-state index contributed by atoms with van der Waals surface area (Å²) in [6.45, 7) is 3.24. The lowest BCUT2D eigenvalue weighted by Crippen LogP contribution is -2.27. The predicted octanol–water partition coefficient (Wildman–Crippen LogP) is 5.04. The number of halogens is 1. The van der Waals surface area contributed by atoms with Gasteiger partial charge in [-0.2, -0.15) is 4.98 Å². The van der Waals surface area contributed by atoms with Crippen LogP contribution < -0.4 is 4.74 Å². The lowest BCUT2D eigenvalue weighted by atomic mass is 10.1. The number of benzene rings is 2. The first-order chi connectivity index (χ1) is 14.1. The molecular weight excluding hydrogens is 390 g/mol. The van der Waals surface area contributed by atoms with Crippen LogP contribution >= 0.6 is 11.6 Å². The molecule has 0 spiro atoms. The van der Waals surface area contributed by atoms with Crippen molar-refractivity contribution in [3.63, 3.8) is 0 Å². The van der Waals surface area contributed by atoms with Crippen molar-refractivity contribution in [1.29, 1.82) is 0 Å². The SMILES string of the molecule is CCCOc1ccc(-c2noc(C3CCC(=O)N3Cc3ccc(Cl)cc3)n2)cc1. The van der Waals surface area contributed by atoms with E-state index < -0.39 is 0 Å². The number of amides is 1. The molecule has 29 heavy (non-hydrogen) atoms. The molecule has 150 valence electrons. The number of hydrogen-bond acceptors (Lipinski definition) is 5. The molecule has 0 radical (unpaired) electrons. The van der Waals surface area contributed by atoms with Crippen molar-refractivity contribution in [2.75, 3.05) is 6.61 Å². The summed E-state index contributed by atoms with van der Waals surface area (Å²) < 4.78 is 11.1. The molecule has 1 saturated heterocycles. The number of nitrogens with zero attached hydrogens (tertiary/aromatic N) is 3. The van der Waals surface area contributed by atoms with Crippen LogP contribution in [0.2, 0.25) is 5.02 Å². The van der Waals surface area contributed by atoms with Gasteiger partial charge >= 0.3 is 0 Å². The van der Waals surface area contributed by atoms with Gasteiger partial charge in [-0.3, -0.25) is 4.79 Å². The van der Waals surface area contributed by atoms with E-state index in [0.29, 0.717) is 42.7 Å². The molecule has 2 heterocycles. The van der Waals surface area contributed by atoms with Gasteiger partial charge in [0.05, 0.1) is 6.61 Å². The Kier molecular flexibility index (Phi) is 5.81. The number of hydrogen-bond donors (Lipinski definition) is 0. The first-order valence-electron chi connectivity index (χ1n) is 9.75. The van der Waals surface area contributed by atoms with Gasteiger partial charge in [-0.15, -0.1) is 0 Å². The van der Waals surface area contributed by atoms with E-state index in [4.69, 9.17) is 20.9 Å². The molecule has 0 saturated carbocycles. The van der Waals surface area contributed by atoms with Crippen LogP contribution in [-0.4, -0.2) is 27.6 Å². The van der Waals surface area contributed by atoms with E-state index in [1.165, 1.54) is 0 Å². The number of carbonyl (C=O) groups is 1. The molecule has 1 fully saturated rings. The van der Waals surface area contributed by atoms with Crippen molar-refractivity contribution in [2.24, 2.45) is 0 Å². The highest BCUT2D eigenvalue weighted by molar-refractivity contribution is 6.30. The van der Waals surface area contributed by atoms with E-state index in [2.05, 4.69) is 17.1 Å². The van der Waals surface area contributed by atoms with Crippen LogP contribution in [0.25, 0.3) is 11.4 Å². The molecule has 1 amide bonds. The van der Waals surface area contributed by atoms with E-state index in [-0.39, 0.29) is 11.9 Å². The second-order valence-corrected chi connectivity index (χ2v) is 7.47. The normalized spacial score (nSPS) is 16.4. The van der Waals surface area contributed by atoms with Crippen LogP contribution in [0.3, 0.4) is 0 Å².